The van der Waals surface area contributed by atoms with E-state index in [-0.39, 0.29) is 17.5 Å². The molecule has 0 fully saturated rings. The number of carbonyl (C=O) groups excluding carboxylic acids is 1. The monoisotopic (exact) mass is 409 g/mol. The maximum absolute atomic E-state index is 12.9. The molecular weight excluding hydrogens is 386 g/mol. The van der Waals surface area contributed by atoms with Gasteiger partial charge in [-0.05, 0) is 55.7 Å². The number of rotatable bonds is 3. The van der Waals surface area contributed by atoms with Crippen molar-refractivity contribution in [3.8, 4) is 0 Å². The molecule has 2 heterocycles. The lowest BCUT2D eigenvalue weighted by Gasteiger charge is -2.17. The summed E-state index contributed by atoms with van der Waals surface area (Å²) in [5.41, 5.74) is 2.01. The number of benzene rings is 2. The minimum Gasteiger partial charge on any atom is -0.346 e. The molecule has 1 aromatic heterocycles. The zero-order valence-corrected chi connectivity index (χ0v) is 17.2. The van der Waals surface area contributed by atoms with Gasteiger partial charge in [0.25, 0.3) is 11.5 Å². The molecule has 3 aromatic rings. The van der Waals surface area contributed by atoms with Crippen molar-refractivity contribution in [2.45, 2.75) is 51.6 Å². The highest BCUT2D eigenvalue weighted by Gasteiger charge is 2.16. The topological polar surface area (TPSA) is 64.0 Å². The Morgan fingerprint density at radius 2 is 1.97 bits per heavy atom. The van der Waals surface area contributed by atoms with E-state index in [1.807, 2.05) is 29.7 Å². The van der Waals surface area contributed by atoms with E-state index in [0.717, 1.165) is 50.0 Å². The molecule has 2 aromatic carbocycles. The van der Waals surface area contributed by atoms with E-state index >= 15 is 0 Å². The minimum atomic E-state index is -0.201. The van der Waals surface area contributed by atoms with Crippen molar-refractivity contribution >= 4 is 28.4 Å². The maximum atomic E-state index is 12.9. The Labute approximate surface area is 174 Å². The first-order valence-corrected chi connectivity index (χ1v) is 10.5. The van der Waals surface area contributed by atoms with Crippen LogP contribution < -0.4 is 10.9 Å². The molecule has 0 spiro atoms. The molecule has 4 rings (SSSR count). The van der Waals surface area contributed by atoms with Gasteiger partial charge < -0.3 is 5.32 Å². The van der Waals surface area contributed by atoms with E-state index in [9.17, 15) is 9.59 Å². The maximum Gasteiger partial charge on any atom is 0.261 e. The molecule has 0 saturated carbocycles. The lowest BCUT2D eigenvalue weighted by atomic mass is 10.1. The van der Waals surface area contributed by atoms with Gasteiger partial charge in [-0.2, -0.15) is 0 Å². The van der Waals surface area contributed by atoms with Crippen molar-refractivity contribution in [1.82, 2.24) is 14.9 Å². The van der Waals surface area contributed by atoms with Crippen LogP contribution in [0.3, 0.4) is 0 Å². The standard InChI is InChI=1S/C23H24ClN3O2/c1-15(16-7-6-8-18(24)13-16)25-22(28)17-10-11-19-20(14-17)26-21-9-4-2-3-5-12-27(21)23(19)29/h6-8,10-11,13-15H,2-5,9,12H2,1H3,(H,25,28)/t15-/m1/s1. The van der Waals surface area contributed by atoms with Gasteiger partial charge in [0.2, 0.25) is 0 Å². The van der Waals surface area contributed by atoms with E-state index in [2.05, 4.69) is 5.32 Å². The number of fused-ring (bicyclic) bond motifs is 2. The number of carbonyl (C=O) groups is 1. The molecule has 0 unspecified atom stereocenters. The van der Waals surface area contributed by atoms with Crippen LogP contribution >= 0.6 is 11.6 Å². The van der Waals surface area contributed by atoms with Gasteiger partial charge in [-0.3, -0.25) is 14.2 Å². The number of amides is 1. The number of hydrogen-bond acceptors (Lipinski definition) is 3. The SMILES string of the molecule is C[C@@H](NC(=O)c1ccc2c(=O)n3c(nc2c1)CCCCCC3)c1cccc(Cl)c1. The van der Waals surface area contributed by atoms with Crippen LogP contribution in [0.5, 0.6) is 0 Å². The zero-order valence-electron chi connectivity index (χ0n) is 16.5. The quantitative estimate of drug-likeness (QED) is 0.684. The Hall–Kier alpha value is -2.66. The minimum absolute atomic E-state index is 0.00819. The fourth-order valence-corrected chi connectivity index (χ4v) is 4.07. The van der Waals surface area contributed by atoms with Crippen LogP contribution in [-0.4, -0.2) is 15.5 Å². The van der Waals surface area contributed by atoms with Gasteiger partial charge >= 0.3 is 0 Å². The lowest BCUT2D eigenvalue weighted by molar-refractivity contribution is 0.0940. The van der Waals surface area contributed by atoms with Crippen molar-refractivity contribution in [1.29, 1.82) is 0 Å². The van der Waals surface area contributed by atoms with E-state index in [0.29, 0.717) is 21.5 Å². The second kappa shape index (κ2) is 8.37. The van der Waals surface area contributed by atoms with E-state index in [1.54, 1.807) is 24.3 Å². The summed E-state index contributed by atoms with van der Waals surface area (Å²) < 4.78 is 1.81. The van der Waals surface area contributed by atoms with Gasteiger partial charge in [-0.15, -0.1) is 0 Å². The Kier molecular flexibility index (Phi) is 5.67. The summed E-state index contributed by atoms with van der Waals surface area (Å²) in [5, 5.41) is 4.19. The zero-order chi connectivity index (χ0) is 20.4. The summed E-state index contributed by atoms with van der Waals surface area (Å²) in [5.74, 6) is 0.625. The largest absolute Gasteiger partial charge is 0.346 e. The molecular formula is C23H24ClN3O2. The predicted molar refractivity (Wildman–Crippen MR) is 116 cm³/mol. The van der Waals surface area contributed by atoms with Crippen LogP contribution in [0.1, 0.15) is 60.4 Å². The molecule has 0 bridgehead atoms. The highest BCUT2D eigenvalue weighted by atomic mass is 35.5. The van der Waals surface area contributed by atoms with Crippen LogP contribution in [0.15, 0.2) is 47.3 Å². The fourth-order valence-electron chi connectivity index (χ4n) is 3.88. The molecule has 1 N–H and O–H groups in total. The molecule has 1 amide bonds. The van der Waals surface area contributed by atoms with E-state index < -0.39 is 0 Å². The van der Waals surface area contributed by atoms with Crippen LogP contribution in [-0.2, 0) is 13.0 Å². The summed E-state index contributed by atoms with van der Waals surface area (Å²) >= 11 is 6.05. The third kappa shape index (κ3) is 4.20. The third-order valence-corrected chi connectivity index (χ3v) is 5.76. The van der Waals surface area contributed by atoms with Gasteiger partial charge in [-0.1, -0.05) is 36.6 Å². The Morgan fingerprint density at radius 1 is 1.14 bits per heavy atom. The second-order valence-electron chi connectivity index (χ2n) is 7.63. The average molecular weight is 410 g/mol. The van der Waals surface area contributed by atoms with Crippen LogP contribution in [0.25, 0.3) is 10.9 Å². The number of nitrogens with zero attached hydrogens (tertiary/aromatic N) is 2. The summed E-state index contributed by atoms with van der Waals surface area (Å²) in [4.78, 5) is 30.4. The summed E-state index contributed by atoms with van der Waals surface area (Å²) in [6, 6.07) is 12.4. The van der Waals surface area contributed by atoms with Crippen molar-refractivity contribution in [2.75, 3.05) is 0 Å². The van der Waals surface area contributed by atoms with Crippen LogP contribution in [0.4, 0.5) is 0 Å². The second-order valence-corrected chi connectivity index (χ2v) is 8.07. The first kappa shape index (κ1) is 19.6. The van der Waals surface area contributed by atoms with E-state index in [1.165, 1.54) is 0 Å². The molecule has 0 aliphatic carbocycles. The Bertz CT molecular complexity index is 1120. The molecule has 0 radical (unpaired) electrons. The van der Waals surface area contributed by atoms with Crippen molar-refractivity contribution < 1.29 is 4.79 Å². The van der Waals surface area contributed by atoms with Gasteiger partial charge in [0.05, 0.1) is 16.9 Å². The number of aromatic nitrogens is 2. The fraction of sp³-hybridized carbons (Fsp3) is 0.348. The normalized spacial score (nSPS) is 15.2. The van der Waals surface area contributed by atoms with Gasteiger partial charge in [0.1, 0.15) is 5.82 Å². The lowest BCUT2D eigenvalue weighted by Crippen LogP contribution is -2.28. The van der Waals surface area contributed by atoms with Crippen LogP contribution in [0.2, 0.25) is 5.02 Å². The Balaban J connectivity index is 1.63. The number of nitrogens with one attached hydrogen (secondary N) is 1. The summed E-state index contributed by atoms with van der Waals surface area (Å²) in [7, 11) is 0. The molecule has 1 atom stereocenters. The third-order valence-electron chi connectivity index (χ3n) is 5.52. The van der Waals surface area contributed by atoms with Crippen molar-refractivity contribution in [3.63, 3.8) is 0 Å². The number of halogens is 1. The van der Waals surface area contributed by atoms with Gasteiger partial charge in [0, 0.05) is 23.6 Å². The number of aryl methyl sites for hydroxylation is 1. The van der Waals surface area contributed by atoms with Crippen molar-refractivity contribution in [3.05, 3.63) is 74.8 Å². The van der Waals surface area contributed by atoms with Gasteiger partial charge in [-0.25, -0.2) is 4.98 Å². The average Bonchev–Trinajstić information content (AvgIpc) is 2.69. The van der Waals surface area contributed by atoms with Gasteiger partial charge in [0.15, 0.2) is 0 Å². The molecule has 6 heteroatoms. The number of hydrogen-bond donors (Lipinski definition) is 1. The smallest absolute Gasteiger partial charge is 0.261 e. The predicted octanol–water partition coefficient (Wildman–Crippen LogP) is 4.66. The molecule has 0 saturated heterocycles. The van der Waals surface area contributed by atoms with Crippen LogP contribution in [0, 0.1) is 0 Å². The first-order chi connectivity index (χ1) is 14.0. The highest BCUT2D eigenvalue weighted by molar-refractivity contribution is 6.30. The molecule has 1 aliphatic rings. The molecule has 150 valence electrons. The first-order valence-electron chi connectivity index (χ1n) is 10.1. The highest BCUT2D eigenvalue weighted by Crippen LogP contribution is 2.19. The summed E-state index contributed by atoms with van der Waals surface area (Å²) in [6.45, 7) is 2.63. The summed E-state index contributed by atoms with van der Waals surface area (Å²) in [6.07, 6.45) is 5.15. The Morgan fingerprint density at radius 3 is 2.79 bits per heavy atom. The van der Waals surface area contributed by atoms with Crippen molar-refractivity contribution in [2.24, 2.45) is 0 Å². The van der Waals surface area contributed by atoms with E-state index in [4.69, 9.17) is 16.6 Å². The molecule has 1 aliphatic heterocycles. The molecule has 5 nitrogen and oxygen atoms in total. The molecule has 29 heavy (non-hydrogen) atoms.